The Morgan fingerprint density at radius 2 is 0.711 bits per heavy atom. The third kappa shape index (κ3) is 44.3. The molecule has 0 aromatic carbocycles. The van der Waals surface area contributed by atoms with E-state index in [1.807, 2.05) is 6.08 Å². The number of allylic oxidation sites excluding steroid dienone is 3. The molecule has 0 saturated carbocycles. The van der Waals surface area contributed by atoms with Gasteiger partial charge >= 0.3 is 0 Å². The Morgan fingerprint density at radius 1 is 0.389 bits per heavy atom. The second-order valence-electron chi connectivity index (χ2n) is 27.5. The van der Waals surface area contributed by atoms with Crippen molar-refractivity contribution in [1.29, 1.82) is 0 Å². The summed E-state index contributed by atoms with van der Waals surface area (Å²) >= 11 is 0. The van der Waals surface area contributed by atoms with Gasteiger partial charge in [0, 0.05) is 6.42 Å². The lowest BCUT2D eigenvalue weighted by Gasteiger charge is -2.46. The predicted octanol–water partition coefficient (Wildman–Crippen LogP) is 16.7. The number of aliphatic hydroxyl groups is 8. The monoisotopic (exact) mass is 1280 g/mol. The number of aliphatic hydroxyl groups excluding tert-OH is 8. The number of rotatable bonds is 65. The van der Waals surface area contributed by atoms with Gasteiger partial charge in [-0.3, -0.25) is 4.79 Å². The first-order valence-electron chi connectivity index (χ1n) is 38.6. The zero-order chi connectivity index (χ0) is 65.2. The molecule has 0 aromatic heterocycles. The number of nitrogens with one attached hydrogen (secondary N) is 1. The minimum atomic E-state index is -1.79. The van der Waals surface area contributed by atoms with Gasteiger partial charge in [-0.2, -0.15) is 0 Å². The number of amides is 1. The van der Waals surface area contributed by atoms with E-state index in [2.05, 4.69) is 31.3 Å². The number of unbranched alkanes of at least 4 members (excludes halogenated alkanes) is 50. The highest BCUT2D eigenvalue weighted by Gasteiger charge is 2.51. The molecule has 0 bridgehead atoms. The molecule has 14 heteroatoms. The standard InChI is InChI=1S/C76H145NO13/c1-3-5-7-9-11-13-15-17-19-21-22-23-24-25-26-27-28-29-30-31-32-33-34-35-36-37-38-39-40-41-42-43-44-46-48-50-52-54-56-58-60-68(81)77-64(65(80)59-57-55-53-51-49-47-45-20-18-16-14-12-10-8-6-4-2)63-87-75-73(86)71(84)74(67(62-79)89-75)90-76-72(85)70(83)69(82)66(61-78)88-76/h49,51,57,59,64-67,69-76,78-80,82-86H,3-48,50,52-56,58,60-63H2,1-2H3,(H,77,81)/b51-49+,59-57+. The summed E-state index contributed by atoms with van der Waals surface area (Å²) in [5.41, 5.74) is 0. The highest BCUT2D eigenvalue weighted by atomic mass is 16.7. The molecule has 2 aliphatic rings. The first-order valence-corrected chi connectivity index (χ1v) is 38.6. The van der Waals surface area contributed by atoms with Crippen LogP contribution in [0.25, 0.3) is 0 Å². The summed E-state index contributed by atoms with van der Waals surface area (Å²) in [6.07, 6.45) is 61.5. The maximum absolute atomic E-state index is 13.3. The van der Waals surface area contributed by atoms with Crippen molar-refractivity contribution in [2.45, 2.75) is 434 Å². The molecule has 14 nitrogen and oxygen atoms in total. The quantitative estimate of drug-likeness (QED) is 0.0204. The van der Waals surface area contributed by atoms with Crippen molar-refractivity contribution in [2.75, 3.05) is 19.8 Å². The SMILES string of the molecule is CCCCCCCCCCCC/C=C/CC/C=C/C(O)C(COC1OC(CO)C(OC2OC(CO)C(O)C(O)C2O)C(O)C1O)NC(=O)CCCCCCCCCCCCCCCCCCCCCCCCCCCCCCCCCCCCCCCCCC. The Morgan fingerprint density at radius 3 is 1.09 bits per heavy atom. The Balaban J connectivity index is 1.54. The molecule has 0 aliphatic carbocycles. The van der Waals surface area contributed by atoms with Crippen molar-refractivity contribution in [2.24, 2.45) is 0 Å². The Labute approximate surface area is 551 Å². The fourth-order valence-electron chi connectivity index (χ4n) is 13.0. The predicted molar refractivity (Wildman–Crippen MR) is 369 cm³/mol. The van der Waals surface area contributed by atoms with E-state index in [0.29, 0.717) is 12.8 Å². The summed E-state index contributed by atoms with van der Waals surface area (Å²) < 4.78 is 22.8. The molecule has 12 unspecified atom stereocenters. The molecule has 532 valence electrons. The van der Waals surface area contributed by atoms with Crippen LogP contribution in [0.4, 0.5) is 0 Å². The van der Waals surface area contributed by atoms with Gasteiger partial charge in [0.05, 0.1) is 32.0 Å². The van der Waals surface area contributed by atoms with Crippen LogP contribution in [0.15, 0.2) is 24.3 Å². The second kappa shape index (κ2) is 61.1. The molecule has 2 heterocycles. The van der Waals surface area contributed by atoms with E-state index >= 15 is 0 Å². The van der Waals surface area contributed by atoms with Crippen LogP contribution in [0.3, 0.4) is 0 Å². The molecule has 0 aromatic rings. The fraction of sp³-hybridized carbons (Fsp3) is 0.934. The number of carbonyl (C=O) groups excluding carboxylic acids is 1. The Bertz CT molecular complexity index is 1600. The zero-order valence-electron chi connectivity index (χ0n) is 58.2. The van der Waals surface area contributed by atoms with Crippen LogP contribution in [0.5, 0.6) is 0 Å². The van der Waals surface area contributed by atoms with Gasteiger partial charge in [0.1, 0.15) is 48.8 Å². The van der Waals surface area contributed by atoms with Gasteiger partial charge in [-0.25, -0.2) is 0 Å². The van der Waals surface area contributed by atoms with Gasteiger partial charge in [-0.15, -0.1) is 0 Å². The number of ether oxygens (including phenoxy) is 4. The van der Waals surface area contributed by atoms with E-state index in [9.17, 15) is 45.6 Å². The van der Waals surface area contributed by atoms with Crippen molar-refractivity contribution in [3.8, 4) is 0 Å². The lowest BCUT2D eigenvalue weighted by molar-refractivity contribution is -0.359. The second-order valence-corrected chi connectivity index (χ2v) is 27.5. The summed E-state index contributed by atoms with van der Waals surface area (Å²) in [5, 5.41) is 87.4. The van der Waals surface area contributed by atoms with Crippen LogP contribution >= 0.6 is 0 Å². The molecular weight excluding hydrogens is 1130 g/mol. The van der Waals surface area contributed by atoms with Crippen LogP contribution in [0.1, 0.15) is 361 Å². The van der Waals surface area contributed by atoms with E-state index in [0.717, 1.165) is 32.1 Å². The first-order chi connectivity index (χ1) is 44.1. The van der Waals surface area contributed by atoms with Crippen molar-refractivity contribution < 1.29 is 64.6 Å². The molecule has 90 heavy (non-hydrogen) atoms. The molecular formula is C76H145NO13. The highest BCUT2D eigenvalue weighted by Crippen LogP contribution is 2.30. The average Bonchev–Trinajstić information content (AvgIpc) is 3.47. The van der Waals surface area contributed by atoms with Crippen LogP contribution in [0, 0.1) is 0 Å². The summed E-state index contributed by atoms with van der Waals surface area (Å²) in [7, 11) is 0. The maximum Gasteiger partial charge on any atom is 0.220 e. The third-order valence-corrected chi connectivity index (χ3v) is 19.1. The van der Waals surface area contributed by atoms with Gasteiger partial charge in [0.2, 0.25) is 5.91 Å². The number of hydrogen-bond acceptors (Lipinski definition) is 13. The van der Waals surface area contributed by atoms with Gasteiger partial charge < -0.3 is 65.1 Å². The molecule has 2 rings (SSSR count). The van der Waals surface area contributed by atoms with Crippen molar-refractivity contribution >= 4 is 5.91 Å². The van der Waals surface area contributed by atoms with Gasteiger partial charge in [0.15, 0.2) is 12.6 Å². The van der Waals surface area contributed by atoms with E-state index in [-0.39, 0.29) is 18.9 Å². The largest absolute Gasteiger partial charge is 0.394 e. The van der Waals surface area contributed by atoms with E-state index in [1.165, 1.54) is 295 Å². The van der Waals surface area contributed by atoms with Crippen LogP contribution < -0.4 is 5.32 Å². The number of hydrogen-bond donors (Lipinski definition) is 9. The number of carbonyl (C=O) groups is 1. The molecule has 12 atom stereocenters. The molecule has 9 N–H and O–H groups in total. The Kier molecular flexibility index (Phi) is 57.4. The molecule has 2 aliphatic heterocycles. The van der Waals surface area contributed by atoms with Crippen LogP contribution in [-0.4, -0.2) is 140 Å². The van der Waals surface area contributed by atoms with E-state index in [4.69, 9.17) is 18.9 Å². The van der Waals surface area contributed by atoms with Crippen molar-refractivity contribution in [1.82, 2.24) is 5.32 Å². The maximum atomic E-state index is 13.3. The summed E-state index contributed by atoms with van der Waals surface area (Å²) in [5.74, 6) is -0.242. The lowest BCUT2D eigenvalue weighted by atomic mass is 9.97. The highest BCUT2D eigenvalue weighted by molar-refractivity contribution is 5.76. The Hall–Kier alpha value is -1.53. The van der Waals surface area contributed by atoms with Crippen molar-refractivity contribution in [3.05, 3.63) is 24.3 Å². The molecule has 2 fully saturated rings. The van der Waals surface area contributed by atoms with Gasteiger partial charge in [-0.05, 0) is 32.1 Å². The first kappa shape index (κ1) is 84.6. The molecule has 0 radical (unpaired) electrons. The minimum absolute atomic E-state index is 0.242. The van der Waals surface area contributed by atoms with Crippen LogP contribution in [0.2, 0.25) is 0 Å². The van der Waals surface area contributed by atoms with Gasteiger partial charge in [0.25, 0.3) is 0 Å². The lowest BCUT2D eigenvalue weighted by Crippen LogP contribution is -2.65. The molecule has 2 saturated heterocycles. The van der Waals surface area contributed by atoms with Crippen molar-refractivity contribution in [3.63, 3.8) is 0 Å². The minimum Gasteiger partial charge on any atom is -0.394 e. The average molecular weight is 1280 g/mol. The van der Waals surface area contributed by atoms with Crippen LogP contribution in [-0.2, 0) is 23.7 Å². The molecule has 0 spiro atoms. The van der Waals surface area contributed by atoms with Gasteiger partial charge in [-0.1, -0.05) is 346 Å². The van der Waals surface area contributed by atoms with E-state index in [1.54, 1.807) is 6.08 Å². The topological polar surface area (TPSA) is 228 Å². The zero-order valence-corrected chi connectivity index (χ0v) is 58.2. The van der Waals surface area contributed by atoms with E-state index < -0.39 is 86.8 Å². The smallest absolute Gasteiger partial charge is 0.220 e. The fourth-order valence-corrected chi connectivity index (χ4v) is 13.0. The normalized spacial score (nSPS) is 23.0. The molecule has 1 amide bonds. The summed E-state index contributed by atoms with van der Waals surface area (Å²) in [4.78, 5) is 13.3. The summed E-state index contributed by atoms with van der Waals surface area (Å²) in [6.45, 7) is 2.83. The third-order valence-electron chi connectivity index (χ3n) is 19.1. The summed E-state index contributed by atoms with van der Waals surface area (Å²) in [6, 6.07) is -0.929.